The molecule has 0 heterocycles. The second kappa shape index (κ2) is 6.78. The molecule has 0 radical (unpaired) electrons. The first-order chi connectivity index (χ1) is 8.91. The van der Waals surface area contributed by atoms with Crippen LogP contribution in [0.15, 0.2) is 30.3 Å². The van der Waals surface area contributed by atoms with Gasteiger partial charge in [0, 0.05) is 18.8 Å². The van der Waals surface area contributed by atoms with Crippen molar-refractivity contribution in [2.75, 3.05) is 11.9 Å². The van der Waals surface area contributed by atoms with Crippen molar-refractivity contribution in [3.63, 3.8) is 0 Å². The van der Waals surface area contributed by atoms with E-state index in [9.17, 15) is 9.59 Å². The van der Waals surface area contributed by atoms with E-state index in [1.165, 1.54) is 4.90 Å². The molecule has 5 heteroatoms. The van der Waals surface area contributed by atoms with Gasteiger partial charge in [-0.2, -0.15) is 0 Å². The molecule has 2 N–H and O–H groups in total. The Hall–Kier alpha value is -2.04. The Morgan fingerprint density at radius 1 is 1.26 bits per heavy atom. The summed E-state index contributed by atoms with van der Waals surface area (Å²) >= 11 is 0. The fraction of sp³-hybridized carbons (Fsp3) is 0.429. The topological polar surface area (TPSA) is 69.6 Å². The number of nitrogens with one attached hydrogen (secondary N) is 1. The number of carboxylic acid groups (broad SMARTS) is 1. The molecule has 104 valence electrons. The van der Waals surface area contributed by atoms with E-state index in [2.05, 4.69) is 5.32 Å². The zero-order valence-electron chi connectivity index (χ0n) is 11.5. The Balaban J connectivity index is 2.69. The zero-order chi connectivity index (χ0) is 14.4. The molecule has 0 spiro atoms. The third-order valence-electron chi connectivity index (χ3n) is 2.96. The summed E-state index contributed by atoms with van der Waals surface area (Å²) in [6, 6.07) is 8.52. The molecule has 0 aliphatic carbocycles. The molecule has 1 unspecified atom stereocenters. The molecule has 1 atom stereocenters. The molecule has 0 aliphatic rings. The van der Waals surface area contributed by atoms with Gasteiger partial charge >= 0.3 is 12.0 Å². The number of urea groups is 1. The van der Waals surface area contributed by atoms with Crippen molar-refractivity contribution < 1.29 is 14.7 Å². The van der Waals surface area contributed by atoms with E-state index in [1.54, 1.807) is 7.05 Å². The summed E-state index contributed by atoms with van der Waals surface area (Å²) in [4.78, 5) is 24.3. The number of amides is 2. The third kappa shape index (κ3) is 4.62. The van der Waals surface area contributed by atoms with Gasteiger partial charge in [-0.25, -0.2) is 4.79 Å². The number of nitrogens with zero attached hydrogens (tertiary/aromatic N) is 1. The number of hydrogen-bond donors (Lipinski definition) is 2. The number of hydrogen-bond acceptors (Lipinski definition) is 2. The molecular formula is C14H20N2O3. The lowest BCUT2D eigenvalue weighted by Gasteiger charge is -2.25. The van der Waals surface area contributed by atoms with Gasteiger partial charge in [0.15, 0.2) is 0 Å². The van der Waals surface area contributed by atoms with Gasteiger partial charge in [-0.3, -0.25) is 9.69 Å². The van der Waals surface area contributed by atoms with Gasteiger partial charge in [0.2, 0.25) is 0 Å². The summed E-state index contributed by atoms with van der Waals surface area (Å²) in [7, 11) is 1.66. The lowest BCUT2D eigenvalue weighted by molar-refractivity contribution is -0.137. The van der Waals surface area contributed by atoms with Crippen molar-refractivity contribution in [2.45, 2.75) is 26.3 Å². The first kappa shape index (κ1) is 15.0. The van der Waals surface area contributed by atoms with Crippen molar-refractivity contribution in [1.29, 1.82) is 0 Å². The lowest BCUT2D eigenvalue weighted by atomic mass is 10.0. The van der Waals surface area contributed by atoms with Crippen LogP contribution < -0.4 is 10.2 Å². The highest BCUT2D eigenvalue weighted by atomic mass is 16.4. The number of benzene rings is 1. The fourth-order valence-corrected chi connectivity index (χ4v) is 1.67. The van der Waals surface area contributed by atoms with Crippen LogP contribution in [0.25, 0.3) is 0 Å². The molecule has 0 saturated carbocycles. The summed E-state index contributed by atoms with van der Waals surface area (Å²) in [6.45, 7) is 3.77. The summed E-state index contributed by atoms with van der Waals surface area (Å²) in [5.41, 5.74) is 0.762. The standard InChI is InChI=1S/C14H20N2O3/c1-10(2)12(9-13(17)18)15-14(19)16(3)11-7-5-4-6-8-11/h4-8,10,12H,9H2,1-3H3,(H,15,19)(H,17,18). The maximum atomic E-state index is 12.1. The molecule has 1 rings (SSSR count). The van der Waals surface area contributed by atoms with Crippen LogP contribution in [0.1, 0.15) is 20.3 Å². The van der Waals surface area contributed by atoms with E-state index in [0.29, 0.717) is 0 Å². The first-order valence-corrected chi connectivity index (χ1v) is 6.23. The lowest BCUT2D eigenvalue weighted by Crippen LogP contribution is -2.46. The van der Waals surface area contributed by atoms with E-state index in [-0.39, 0.29) is 24.4 Å². The number of carboxylic acids is 1. The Labute approximate surface area is 113 Å². The smallest absolute Gasteiger partial charge is 0.321 e. The second-order valence-corrected chi connectivity index (χ2v) is 4.79. The summed E-state index contributed by atoms with van der Waals surface area (Å²) in [6.07, 6.45) is -0.0773. The largest absolute Gasteiger partial charge is 0.481 e. The minimum atomic E-state index is -0.915. The van der Waals surface area contributed by atoms with E-state index in [0.717, 1.165) is 5.69 Å². The van der Waals surface area contributed by atoms with Gasteiger partial charge in [0.05, 0.1) is 6.42 Å². The normalized spacial score (nSPS) is 12.0. The monoisotopic (exact) mass is 264 g/mol. The number of aliphatic carboxylic acids is 1. The van der Waals surface area contributed by atoms with Crippen LogP contribution in [0, 0.1) is 5.92 Å². The predicted octanol–water partition coefficient (Wildman–Crippen LogP) is 2.33. The zero-order valence-corrected chi connectivity index (χ0v) is 11.5. The summed E-state index contributed by atoms with van der Waals surface area (Å²) in [5, 5.41) is 11.6. The molecule has 2 amide bonds. The number of anilines is 1. The molecule has 0 saturated heterocycles. The van der Waals surface area contributed by atoms with E-state index in [4.69, 9.17) is 5.11 Å². The Kier molecular flexibility index (Phi) is 5.36. The Morgan fingerprint density at radius 3 is 2.32 bits per heavy atom. The highest BCUT2D eigenvalue weighted by Gasteiger charge is 2.21. The predicted molar refractivity (Wildman–Crippen MR) is 74.3 cm³/mol. The molecule has 0 aliphatic heterocycles. The minimum Gasteiger partial charge on any atom is -0.481 e. The third-order valence-corrected chi connectivity index (χ3v) is 2.96. The molecule has 0 aromatic heterocycles. The molecule has 0 fully saturated rings. The maximum Gasteiger partial charge on any atom is 0.321 e. The van der Waals surface area contributed by atoms with Crippen LogP contribution in [-0.2, 0) is 4.79 Å². The average Bonchev–Trinajstić information content (AvgIpc) is 2.37. The second-order valence-electron chi connectivity index (χ2n) is 4.79. The van der Waals surface area contributed by atoms with Gasteiger partial charge < -0.3 is 10.4 Å². The van der Waals surface area contributed by atoms with Crippen molar-refractivity contribution in [1.82, 2.24) is 5.32 Å². The van der Waals surface area contributed by atoms with Crippen LogP contribution in [0.4, 0.5) is 10.5 Å². The molecular weight excluding hydrogens is 244 g/mol. The number of carbonyl (C=O) groups is 2. The van der Waals surface area contributed by atoms with Gasteiger partial charge in [0.25, 0.3) is 0 Å². The van der Waals surface area contributed by atoms with Crippen LogP contribution in [0.3, 0.4) is 0 Å². The number of carbonyl (C=O) groups excluding carboxylic acids is 1. The molecule has 0 bridgehead atoms. The highest BCUT2D eigenvalue weighted by Crippen LogP contribution is 2.12. The van der Waals surface area contributed by atoms with Crippen molar-refractivity contribution in [3.8, 4) is 0 Å². The molecule has 5 nitrogen and oxygen atoms in total. The Bertz CT molecular complexity index is 432. The van der Waals surface area contributed by atoms with Crippen LogP contribution >= 0.6 is 0 Å². The summed E-state index contributed by atoms with van der Waals surface area (Å²) in [5.74, 6) is -0.856. The van der Waals surface area contributed by atoms with Crippen LogP contribution in [0.5, 0.6) is 0 Å². The van der Waals surface area contributed by atoms with E-state index in [1.807, 2.05) is 44.2 Å². The molecule has 1 aromatic rings. The van der Waals surface area contributed by atoms with Gasteiger partial charge in [-0.15, -0.1) is 0 Å². The minimum absolute atomic E-state index is 0.0595. The quantitative estimate of drug-likeness (QED) is 0.857. The summed E-state index contributed by atoms with van der Waals surface area (Å²) < 4.78 is 0. The SMILES string of the molecule is CC(C)C(CC(=O)O)NC(=O)N(C)c1ccccc1. The highest BCUT2D eigenvalue weighted by molar-refractivity contribution is 5.91. The van der Waals surface area contributed by atoms with E-state index < -0.39 is 5.97 Å². The fourth-order valence-electron chi connectivity index (χ4n) is 1.67. The van der Waals surface area contributed by atoms with Crippen LogP contribution in [-0.4, -0.2) is 30.2 Å². The van der Waals surface area contributed by atoms with Gasteiger partial charge in [-0.05, 0) is 18.1 Å². The maximum absolute atomic E-state index is 12.1. The van der Waals surface area contributed by atoms with Crippen LogP contribution in [0.2, 0.25) is 0 Å². The first-order valence-electron chi connectivity index (χ1n) is 6.23. The number of para-hydroxylation sites is 1. The van der Waals surface area contributed by atoms with Crippen molar-refractivity contribution in [3.05, 3.63) is 30.3 Å². The van der Waals surface area contributed by atoms with Gasteiger partial charge in [0.1, 0.15) is 0 Å². The Morgan fingerprint density at radius 2 is 1.84 bits per heavy atom. The van der Waals surface area contributed by atoms with Gasteiger partial charge in [-0.1, -0.05) is 32.0 Å². The van der Waals surface area contributed by atoms with Crippen molar-refractivity contribution in [2.24, 2.45) is 5.92 Å². The molecule has 1 aromatic carbocycles. The average molecular weight is 264 g/mol. The number of rotatable bonds is 5. The van der Waals surface area contributed by atoms with Crippen molar-refractivity contribution >= 4 is 17.7 Å². The molecule has 19 heavy (non-hydrogen) atoms. The van der Waals surface area contributed by atoms with E-state index >= 15 is 0 Å².